The predicted octanol–water partition coefficient (Wildman–Crippen LogP) is 8.78. The van der Waals surface area contributed by atoms with Crippen LogP contribution in [0.4, 0.5) is 22.0 Å². The number of hydrogen-bond donors (Lipinski definition) is 2. The van der Waals surface area contributed by atoms with Gasteiger partial charge in [-0.2, -0.15) is 0 Å². The third-order valence-electron chi connectivity index (χ3n) is 12.3. The van der Waals surface area contributed by atoms with Crippen LogP contribution in [0.25, 0.3) is 10.2 Å². The van der Waals surface area contributed by atoms with Crippen LogP contribution >= 0.6 is 11.3 Å². The number of imidazole rings is 1. The molecule has 0 spiro atoms. The maximum atomic E-state index is 14.3. The number of hydrogen-bond acceptors (Lipinski definition) is 12. The van der Waals surface area contributed by atoms with E-state index in [1.165, 1.54) is 22.3 Å². The molecule has 5 heterocycles. The van der Waals surface area contributed by atoms with Gasteiger partial charge in [0.05, 0.1) is 40.4 Å². The first-order chi connectivity index (χ1) is 33.5. The van der Waals surface area contributed by atoms with Crippen molar-refractivity contribution in [2.45, 2.75) is 83.5 Å². The number of benzene rings is 4. The number of amides is 4. The molecule has 2 N–H and O–H groups in total. The van der Waals surface area contributed by atoms with Crippen LogP contribution in [0.1, 0.15) is 91.6 Å². The van der Waals surface area contributed by atoms with Crippen molar-refractivity contribution in [1.82, 2.24) is 19.4 Å². The summed E-state index contributed by atoms with van der Waals surface area (Å²) in [5.74, 6) is -0.193. The van der Waals surface area contributed by atoms with E-state index in [1.807, 2.05) is 72.5 Å². The van der Waals surface area contributed by atoms with Gasteiger partial charge in [0.1, 0.15) is 24.0 Å². The number of piperidine rings is 1. The molecule has 0 radical (unpaired) electrons. The van der Waals surface area contributed by atoms with Crippen molar-refractivity contribution in [1.29, 1.82) is 0 Å². The number of anilines is 3. The van der Waals surface area contributed by atoms with Gasteiger partial charge in [-0.1, -0.05) is 55.1 Å². The Hall–Kier alpha value is -7.21. The molecule has 2 saturated heterocycles. The number of rotatable bonds is 15. The van der Waals surface area contributed by atoms with Crippen LogP contribution < -0.4 is 20.3 Å². The van der Waals surface area contributed by atoms with Crippen molar-refractivity contribution in [2.24, 2.45) is 7.05 Å². The zero-order valence-corrected chi connectivity index (χ0v) is 39.3. The number of aryl methyl sites for hydroxylation is 2. The molecular weight excluding hydrogens is 899 g/mol. The Bertz CT molecular complexity index is 2910. The van der Waals surface area contributed by atoms with E-state index >= 15 is 0 Å². The number of ether oxygens (including phenoxy) is 4. The molecule has 16 nitrogen and oxygen atoms in total. The lowest BCUT2D eigenvalue weighted by Gasteiger charge is -2.42. The lowest BCUT2D eigenvalue weighted by Crippen LogP contribution is -2.57. The van der Waals surface area contributed by atoms with Gasteiger partial charge >= 0.3 is 6.09 Å². The van der Waals surface area contributed by atoms with Gasteiger partial charge in [-0.3, -0.25) is 19.2 Å². The number of Topliss-reactive ketones (excluding diaryl/α,β-unsaturated/α-hetero) is 1. The molecule has 3 aliphatic heterocycles. The highest BCUT2D eigenvalue weighted by Crippen LogP contribution is 2.40. The fourth-order valence-corrected chi connectivity index (χ4v) is 9.93. The first kappa shape index (κ1) is 46.9. The molecule has 9 rings (SSSR count). The van der Waals surface area contributed by atoms with Crippen LogP contribution in [-0.4, -0.2) is 87.4 Å². The minimum Gasteiger partial charge on any atom is -0.489 e. The van der Waals surface area contributed by atoms with Crippen LogP contribution in [0.15, 0.2) is 104 Å². The van der Waals surface area contributed by atoms with E-state index in [-0.39, 0.29) is 61.2 Å². The predicted molar refractivity (Wildman–Crippen MR) is 261 cm³/mol. The van der Waals surface area contributed by atoms with Crippen LogP contribution in [0.2, 0.25) is 0 Å². The molecule has 3 aliphatic rings. The number of para-hydroxylation sites is 1. The number of fused-ring (bicyclic) bond motifs is 3. The molecule has 69 heavy (non-hydrogen) atoms. The molecule has 3 atom stereocenters. The zero-order valence-electron chi connectivity index (χ0n) is 38.5. The fraction of sp³-hybridized carbons (Fsp3) is 0.327. The lowest BCUT2D eigenvalue weighted by atomic mass is 10.00. The Labute approximate surface area is 403 Å². The average Bonchev–Trinajstić information content (AvgIpc) is 3.92. The van der Waals surface area contributed by atoms with E-state index in [0.717, 1.165) is 41.5 Å². The highest BCUT2D eigenvalue weighted by Gasteiger charge is 2.46. The number of aromatic nitrogens is 3. The zero-order chi connectivity index (χ0) is 48.0. The number of carbonyl (C=O) groups excluding carboxylic acids is 5. The Morgan fingerprint density at radius 1 is 0.913 bits per heavy atom. The Balaban J connectivity index is 0.853. The summed E-state index contributed by atoms with van der Waals surface area (Å²) in [6, 6.07) is 24.9. The van der Waals surface area contributed by atoms with Crippen LogP contribution in [-0.2, 0) is 45.5 Å². The molecule has 0 aliphatic carbocycles. The van der Waals surface area contributed by atoms with Crippen molar-refractivity contribution < 1.29 is 42.9 Å². The quantitative estimate of drug-likeness (QED) is 0.0741. The summed E-state index contributed by atoms with van der Waals surface area (Å²) in [4.78, 5) is 80.4. The van der Waals surface area contributed by atoms with Gasteiger partial charge in [0.2, 0.25) is 11.7 Å². The minimum absolute atomic E-state index is 0.00845. The number of thiazole rings is 1. The van der Waals surface area contributed by atoms with Crippen molar-refractivity contribution in [3.63, 3.8) is 0 Å². The number of nitrogens with zero attached hydrogens (tertiary/aromatic N) is 5. The highest BCUT2D eigenvalue weighted by atomic mass is 32.1. The summed E-state index contributed by atoms with van der Waals surface area (Å²) < 4.78 is 27.1. The minimum atomic E-state index is -0.866. The van der Waals surface area contributed by atoms with Crippen molar-refractivity contribution >= 4 is 68.3 Å². The van der Waals surface area contributed by atoms with Crippen molar-refractivity contribution in [2.75, 3.05) is 35.3 Å². The van der Waals surface area contributed by atoms with E-state index < -0.39 is 24.7 Å². The molecule has 17 heteroatoms. The number of ketones is 1. The summed E-state index contributed by atoms with van der Waals surface area (Å²) in [5.41, 5.74) is 4.64. The van der Waals surface area contributed by atoms with Gasteiger partial charge in [-0.15, -0.1) is 11.3 Å². The first-order valence-electron chi connectivity index (χ1n) is 23.1. The number of nitrogens with one attached hydrogen (secondary N) is 2. The third-order valence-corrected chi connectivity index (χ3v) is 13.3. The summed E-state index contributed by atoms with van der Waals surface area (Å²) >= 11 is 1.37. The fourth-order valence-electron chi connectivity index (χ4n) is 8.98. The van der Waals surface area contributed by atoms with Gasteiger partial charge < -0.3 is 39.0 Å². The summed E-state index contributed by atoms with van der Waals surface area (Å²) in [6.07, 6.45) is 5.91. The Morgan fingerprint density at radius 3 is 2.55 bits per heavy atom. The van der Waals surface area contributed by atoms with E-state index in [2.05, 4.69) is 27.2 Å². The topological polar surface area (TPSA) is 184 Å². The molecule has 6 aromatic rings. The second-order valence-electron chi connectivity index (χ2n) is 17.4. The monoisotopic (exact) mass is 951 g/mol. The molecule has 4 amide bonds. The standard InChI is InChI=1S/C52H53N7O9S/c1-4-22-66-52(64)59-40-28-42(32(2)24-37(40)50(63)58-21-10-8-17-39(58)51(59)68-47-18-9-11-23-65-47)67-31-34-14-12-13-33(25-34)26-45(61)55-44-30-57(3)48(56-44)41(60)29-46-54-38-27-35(19-20-43(38)69-46)49(62)53-36-15-6-5-7-16-36/h4-7,12-16,19-20,24-25,27-28,30,39,47,51H,1,8-11,17-18,21-23,26,29,31H2,2-3H3,(H,53,62)(H,55,61)/t39-,47?,51?/m0/s1. The highest BCUT2D eigenvalue weighted by molar-refractivity contribution is 7.18. The maximum Gasteiger partial charge on any atom is 0.416 e. The van der Waals surface area contributed by atoms with Gasteiger partial charge in [0.15, 0.2) is 24.2 Å². The maximum absolute atomic E-state index is 14.3. The van der Waals surface area contributed by atoms with Gasteiger partial charge in [0.25, 0.3) is 11.8 Å². The molecule has 2 fully saturated rings. The average molecular weight is 952 g/mol. The normalized spacial score (nSPS) is 17.9. The molecule has 0 bridgehead atoms. The van der Waals surface area contributed by atoms with E-state index in [0.29, 0.717) is 70.3 Å². The SMILES string of the molecule is C=CCOC(=O)N1c2cc(OCc3cccc(CC(=O)Nc4cn(C)c(C(=O)Cc5nc6cc(C(=O)Nc7ccccc7)ccc6s5)n4)c3)c(C)cc2C(=O)N2CCCC[C@H]2C1OC1CCCCO1. The van der Waals surface area contributed by atoms with Crippen LogP contribution in [0.5, 0.6) is 5.75 Å². The van der Waals surface area contributed by atoms with E-state index in [4.69, 9.17) is 18.9 Å². The molecule has 2 unspecified atom stereocenters. The van der Waals surface area contributed by atoms with Gasteiger partial charge in [-0.05, 0) is 98.5 Å². The summed E-state index contributed by atoms with van der Waals surface area (Å²) in [6.45, 7) is 6.75. The molecule has 2 aromatic heterocycles. The lowest BCUT2D eigenvalue weighted by molar-refractivity contribution is -0.198. The van der Waals surface area contributed by atoms with Crippen LogP contribution in [0, 0.1) is 6.92 Å². The Kier molecular flexibility index (Phi) is 14.3. The van der Waals surface area contributed by atoms with Gasteiger partial charge in [0, 0.05) is 43.7 Å². The first-order valence-corrected chi connectivity index (χ1v) is 24.0. The largest absolute Gasteiger partial charge is 0.489 e. The molecule has 4 aromatic carbocycles. The molecule has 0 saturated carbocycles. The van der Waals surface area contributed by atoms with Crippen molar-refractivity contribution in [3.8, 4) is 5.75 Å². The molecular formula is C52H53N7O9S. The summed E-state index contributed by atoms with van der Waals surface area (Å²) in [7, 11) is 1.69. The smallest absolute Gasteiger partial charge is 0.416 e. The summed E-state index contributed by atoms with van der Waals surface area (Å²) in [5, 5.41) is 6.27. The second kappa shape index (κ2) is 21.0. The van der Waals surface area contributed by atoms with Gasteiger partial charge in [-0.25, -0.2) is 19.7 Å². The second-order valence-corrected chi connectivity index (χ2v) is 18.5. The third kappa shape index (κ3) is 10.8. The Morgan fingerprint density at radius 2 is 1.74 bits per heavy atom. The van der Waals surface area contributed by atoms with E-state index in [9.17, 15) is 24.0 Å². The van der Waals surface area contributed by atoms with E-state index in [1.54, 1.807) is 42.1 Å². The molecule has 356 valence electrons. The van der Waals surface area contributed by atoms with Crippen molar-refractivity contribution in [3.05, 3.63) is 142 Å². The number of carbonyl (C=O) groups is 5. The van der Waals surface area contributed by atoms with Crippen LogP contribution in [0.3, 0.4) is 0 Å².